The fourth-order valence-corrected chi connectivity index (χ4v) is 8.35. The summed E-state index contributed by atoms with van der Waals surface area (Å²) in [7, 11) is 0. The predicted molar refractivity (Wildman–Crippen MR) is 99.6 cm³/mol. The minimum Gasteiger partial charge on any atom is -0.390 e. The summed E-state index contributed by atoms with van der Waals surface area (Å²) in [6.07, 6.45) is 13.6. The molecular weight excluding hydrogens is 348 g/mol. The Hall–Kier alpha value is 0.440. The van der Waals surface area contributed by atoms with Crippen molar-refractivity contribution in [2.45, 2.75) is 83.7 Å². The number of hydrogen-bond acceptors (Lipinski definition) is 1. The van der Waals surface area contributed by atoms with E-state index in [0.717, 1.165) is 48.3 Å². The molecule has 4 aliphatic carbocycles. The van der Waals surface area contributed by atoms with Gasteiger partial charge in [-0.2, -0.15) is 0 Å². The fraction of sp³-hybridized carbons (Fsp3) is 1.00. The molecule has 0 amide bonds. The van der Waals surface area contributed by atoms with Crippen LogP contribution in [-0.4, -0.2) is 16.0 Å². The molecule has 0 radical (unpaired) electrons. The third-order valence-corrected chi connectivity index (χ3v) is 9.35. The maximum Gasteiger partial charge on any atom is 0.0622 e. The molecule has 1 N–H and O–H groups in total. The molecular formula is C21H35BrO. The van der Waals surface area contributed by atoms with E-state index in [1.165, 1.54) is 56.7 Å². The zero-order valence-corrected chi connectivity index (χ0v) is 16.7. The smallest absolute Gasteiger partial charge is 0.0622 e. The van der Waals surface area contributed by atoms with Crippen molar-refractivity contribution >= 4 is 15.9 Å². The first-order valence-electron chi connectivity index (χ1n) is 10.2. The molecule has 8 atom stereocenters. The quantitative estimate of drug-likeness (QED) is 0.598. The standard InChI is InChI=1S/C21H35BrO/c1-20(23)10-7-16-14(13-20)3-5-18-17(16)8-11-21(2)15(9-12-22)4-6-19(18)21/h14-19,23H,3-13H2,1-2H3/t14-,15-,16+,17-,18-,19+,20-,21-/m1/s1. The Morgan fingerprint density at radius 2 is 1.70 bits per heavy atom. The van der Waals surface area contributed by atoms with E-state index in [1.54, 1.807) is 0 Å². The molecule has 0 aromatic carbocycles. The first-order chi connectivity index (χ1) is 10.9. The summed E-state index contributed by atoms with van der Waals surface area (Å²) in [6.45, 7) is 4.72. The second kappa shape index (κ2) is 6.01. The van der Waals surface area contributed by atoms with Crippen molar-refractivity contribution in [1.29, 1.82) is 0 Å². The normalized spacial score (nSPS) is 55.8. The minimum absolute atomic E-state index is 0.370. The monoisotopic (exact) mass is 382 g/mol. The summed E-state index contributed by atoms with van der Waals surface area (Å²) in [6, 6.07) is 0. The molecule has 23 heavy (non-hydrogen) atoms. The van der Waals surface area contributed by atoms with E-state index >= 15 is 0 Å². The fourth-order valence-electron chi connectivity index (χ4n) is 7.80. The van der Waals surface area contributed by atoms with Crippen LogP contribution in [0.15, 0.2) is 0 Å². The van der Waals surface area contributed by atoms with E-state index in [1.807, 2.05) is 0 Å². The molecule has 132 valence electrons. The van der Waals surface area contributed by atoms with Gasteiger partial charge in [-0.3, -0.25) is 0 Å². The molecule has 2 heteroatoms. The Bertz CT molecular complexity index is 447. The van der Waals surface area contributed by atoms with Crippen molar-refractivity contribution in [3.8, 4) is 0 Å². The molecule has 4 fully saturated rings. The average Bonchev–Trinajstić information content (AvgIpc) is 2.83. The van der Waals surface area contributed by atoms with Gasteiger partial charge >= 0.3 is 0 Å². The van der Waals surface area contributed by atoms with Gasteiger partial charge in [-0.15, -0.1) is 0 Å². The number of aliphatic hydroxyl groups is 1. The van der Waals surface area contributed by atoms with Crippen molar-refractivity contribution < 1.29 is 5.11 Å². The van der Waals surface area contributed by atoms with Crippen molar-refractivity contribution in [2.24, 2.45) is 40.9 Å². The van der Waals surface area contributed by atoms with E-state index in [0.29, 0.717) is 5.41 Å². The Morgan fingerprint density at radius 1 is 0.913 bits per heavy atom. The van der Waals surface area contributed by atoms with Crippen LogP contribution in [0.4, 0.5) is 0 Å². The lowest BCUT2D eigenvalue weighted by Gasteiger charge is -2.57. The van der Waals surface area contributed by atoms with Crippen LogP contribution in [0.3, 0.4) is 0 Å². The molecule has 0 saturated heterocycles. The molecule has 0 aliphatic heterocycles. The number of fused-ring (bicyclic) bond motifs is 5. The first kappa shape index (κ1) is 16.9. The maximum absolute atomic E-state index is 10.5. The van der Waals surface area contributed by atoms with E-state index in [2.05, 4.69) is 29.8 Å². The van der Waals surface area contributed by atoms with E-state index < -0.39 is 0 Å². The zero-order valence-electron chi connectivity index (χ0n) is 15.1. The molecule has 4 saturated carbocycles. The topological polar surface area (TPSA) is 20.2 Å². The molecule has 4 aliphatic rings. The van der Waals surface area contributed by atoms with Gasteiger partial charge in [0.25, 0.3) is 0 Å². The predicted octanol–water partition coefficient (Wildman–Crippen LogP) is 5.79. The molecule has 0 aromatic heterocycles. The van der Waals surface area contributed by atoms with E-state index in [4.69, 9.17) is 0 Å². The van der Waals surface area contributed by atoms with Crippen LogP contribution < -0.4 is 0 Å². The number of rotatable bonds is 2. The summed E-state index contributed by atoms with van der Waals surface area (Å²) in [5, 5.41) is 11.7. The second-order valence-corrected chi connectivity index (χ2v) is 10.8. The lowest BCUT2D eigenvalue weighted by molar-refractivity contribution is -0.0996. The number of alkyl halides is 1. The molecule has 0 heterocycles. The Kier molecular flexibility index (Phi) is 4.41. The highest BCUT2D eigenvalue weighted by Crippen LogP contribution is 2.65. The molecule has 0 unspecified atom stereocenters. The molecule has 4 rings (SSSR count). The maximum atomic E-state index is 10.5. The van der Waals surface area contributed by atoms with Gasteiger partial charge in [0.1, 0.15) is 0 Å². The third-order valence-electron chi connectivity index (χ3n) is 8.89. The van der Waals surface area contributed by atoms with Gasteiger partial charge in [0.2, 0.25) is 0 Å². The average molecular weight is 383 g/mol. The lowest BCUT2D eigenvalue weighted by atomic mass is 9.49. The van der Waals surface area contributed by atoms with Crippen molar-refractivity contribution in [2.75, 3.05) is 5.33 Å². The summed E-state index contributed by atoms with van der Waals surface area (Å²) in [5.74, 6) is 5.74. The van der Waals surface area contributed by atoms with Crippen LogP contribution in [0.25, 0.3) is 0 Å². The molecule has 0 spiro atoms. The lowest BCUT2D eigenvalue weighted by Crippen LogP contribution is -2.50. The van der Waals surface area contributed by atoms with Crippen LogP contribution in [-0.2, 0) is 0 Å². The summed E-state index contributed by atoms with van der Waals surface area (Å²) in [4.78, 5) is 0. The van der Waals surface area contributed by atoms with Gasteiger partial charge in [-0.25, -0.2) is 0 Å². The highest BCUT2D eigenvalue weighted by atomic mass is 79.9. The molecule has 0 aromatic rings. The highest BCUT2D eigenvalue weighted by molar-refractivity contribution is 9.09. The number of halogens is 1. The summed E-state index contributed by atoms with van der Waals surface area (Å²) in [5.41, 5.74) is 0.271. The van der Waals surface area contributed by atoms with Gasteiger partial charge in [-0.1, -0.05) is 22.9 Å². The van der Waals surface area contributed by atoms with E-state index in [-0.39, 0.29) is 5.60 Å². The van der Waals surface area contributed by atoms with Crippen molar-refractivity contribution in [3.05, 3.63) is 0 Å². The Labute approximate surface area is 151 Å². The van der Waals surface area contributed by atoms with E-state index in [9.17, 15) is 5.11 Å². The Balaban J connectivity index is 1.52. The minimum atomic E-state index is -0.370. The highest BCUT2D eigenvalue weighted by Gasteiger charge is 2.57. The van der Waals surface area contributed by atoms with Crippen LogP contribution in [0.2, 0.25) is 0 Å². The van der Waals surface area contributed by atoms with Crippen molar-refractivity contribution in [3.63, 3.8) is 0 Å². The molecule has 0 bridgehead atoms. The summed E-state index contributed by atoms with van der Waals surface area (Å²) >= 11 is 3.70. The van der Waals surface area contributed by atoms with Gasteiger partial charge in [0.15, 0.2) is 0 Å². The van der Waals surface area contributed by atoms with Crippen LogP contribution in [0, 0.1) is 40.9 Å². The van der Waals surface area contributed by atoms with Crippen LogP contribution >= 0.6 is 15.9 Å². The second-order valence-electron chi connectivity index (χ2n) is 9.97. The zero-order chi connectivity index (χ0) is 16.2. The van der Waals surface area contributed by atoms with Gasteiger partial charge in [-0.05, 0) is 112 Å². The van der Waals surface area contributed by atoms with Crippen LogP contribution in [0.1, 0.15) is 78.1 Å². The number of hydrogen-bond donors (Lipinski definition) is 1. The SMILES string of the molecule is C[C@@]1(O)CC[C@H]2[C@H](CC[C@@H]3[C@@H]2CC[C@]2(C)[C@@H](CCBr)CC[C@@H]32)C1. The first-order valence-corrected chi connectivity index (χ1v) is 11.3. The largest absolute Gasteiger partial charge is 0.390 e. The van der Waals surface area contributed by atoms with Crippen molar-refractivity contribution in [1.82, 2.24) is 0 Å². The summed E-state index contributed by atoms with van der Waals surface area (Å²) < 4.78 is 0. The van der Waals surface area contributed by atoms with Crippen LogP contribution in [0.5, 0.6) is 0 Å². The van der Waals surface area contributed by atoms with Gasteiger partial charge in [0.05, 0.1) is 5.60 Å². The van der Waals surface area contributed by atoms with Gasteiger partial charge in [0, 0.05) is 5.33 Å². The van der Waals surface area contributed by atoms with Gasteiger partial charge < -0.3 is 5.11 Å². The third kappa shape index (κ3) is 2.75. The Morgan fingerprint density at radius 3 is 2.48 bits per heavy atom. The molecule has 1 nitrogen and oxygen atoms in total.